The Balaban J connectivity index is 2.34. The van der Waals surface area contributed by atoms with Crippen LogP contribution in [0.4, 0.5) is 5.69 Å². The lowest BCUT2D eigenvalue weighted by Gasteiger charge is -2.32. The van der Waals surface area contributed by atoms with E-state index in [4.69, 9.17) is 11.6 Å². The first-order valence-corrected chi connectivity index (χ1v) is 8.34. The molecule has 0 unspecified atom stereocenters. The maximum absolute atomic E-state index is 12.1. The molecule has 1 aromatic carbocycles. The average Bonchev–Trinajstić information content (AvgIpc) is 2.40. The second-order valence-electron chi connectivity index (χ2n) is 4.53. The Hall–Kier alpha value is -0.740. The van der Waals surface area contributed by atoms with E-state index in [0.717, 1.165) is 31.6 Å². The van der Waals surface area contributed by atoms with Gasteiger partial charge < -0.3 is 4.90 Å². The van der Waals surface area contributed by atoms with Gasteiger partial charge in [0.15, 0.2) is 9.84 Å². The number of anilines is 1. The van der Waals surface area contributed by atoms with E-state index in [-0.39, 0.29) is 11.1 Å². The Morgan fingerprint density at radius 1 is 1.28 bits per heavy atom. The molecule has 2 rings (SSSR count). The monoisotopic (exact) mass is 287 g/mol. The van der Waals surface area contributed by atoms with E-state index in [1.54, 1.807) is 19.1 Å². The highest BCUT2D eigenvalue weighted by atomic mass is 35.5. The van der Waals surface area contributed by atoms with Gasteiger partial charge in [0.1, 0.15) is 0 Å². The number of alkyl halides is 1. The van der Waals surface area contributed by atoms with Crippen LogP contribution in [0, 0.1) is 0 Å². The van der Waals surface area contributed by atoms with Crippen molar-refractivity contribution in [1.29, 1.82) is 0 Å². The Kier molecular flexibility index (Phi) is 4.17. The molecule has 0 atom stereocenters. The first-order chi connectivity index (χ1) is 8.54. The van der Waals surface area contributed by atoms with Crippen LogP contribution in [0.1, 0.15) is 19.8 Å². The molecule has 5 heteroatoms. The van der Waals surface area contributed by atoms with Gasteiger partial charge in [0.05, 0.1) is 16.3 Å². The lowest BCUT2D eigenvalue weighted by molar-refractivity contribution is 0.577. The van der Waals surface area contributed by atoms with E-state index in [1.165, 1.54) is 0 Å². The van der Waals surface area contributed by atoms with Gasteiger partial charge in [-0.25, -0.2) is 8.42 Å². The van der Waals surface area contributed by atoms with Crippen LogP contribution in [0.15, 0.2) is 29.2 Å². The number of rotatable bonds is 3. The first kappa shape index (κ1) is 13.7. The summed E-state index contributed by atoms with van der Waals surface area (Å²) in [4.78, 5) is 2.57. The molecule has 1 aliphatic heterocycles. The lowest BCUT2D eigenvalue weighted by atomic mass is 10.1. The number of nitrogens with zero attached hydrogens (tertiary/aromatic N) is 1. The van der Waals surface area contributed by atoms with Crippen molar-refractivity contribution in [2.45, 2.75) is 30.0 Å². The summed E-state index contributed by atoms with van der Waals surface area (Å²) in [6.07, 6.45) is 1.81. The highest BCUT2D eigenvalue weighted by Gasteiger charge is 2.23. The Bertz CT molecular complexity index is 507. The number of benzene rings is 1. The van der Waals surface area contributed by atoms with Gasteiger partial charge in [0.2, 0.25) is 0 Å². The summed E-state index contributed by atoms with van der Waals surface area (Å²) < 4.78 is 24.2. The topological polar surface area (TPSA) is 37.4 Å². The summed E-state index contributed by atoms with van der Waals surface area (Å²) in [6, 6.07) is 7.25. The molecule has 0 aliphatic carbocycles. The average molecular weight is 288 g/mol. The molecule has 0 saturated carbocycles. The van der Waals surface area contributed by atoms with Crippen molar-refractivity contribution in [3.05, 3.63) is 24.3 Å². The van der Waals surface area contributed by atoms with Crippen molar-refractivity contribution >= 4 is 27.1 Å². The van der Waals surface area contributed by atoms with E-state index in [1.807, 2.05) is 12.1 Å². The van der Waals surface area contributed by atoms with Gasteiger partial charge in [-0.15, -0.1) is 11.6 Å². The van der Waals surface area contributed by atoms with Crippen molar-refractivity contribution in [3.8, 4) is 0 Å². The fourth-order valence-corrected chi connectivity index (χ4v) is 3.53. The van der Waals surface area contributed by atoms with Crippen molar-refractivity contribution in [2.24, 2.45) is 0 Å². The van der Waals surface area contributed by atoms with E-state index in [0.29, 0.717) is 4.90 Å². The maximum Gasteiger partial charge on any atom is 0.180 e. The minimum Gasteiger partial charge on any atom is -0.370 e. The summed E-state index contributed by atoms with van der Waals surface area (Å²) in [6.45, 7) is 3.33. The predicted octanol–water partition coefficient (Wildman–Crippen LogP) is 2.69. The Morgan fingerprint density at radius 2 is 1.89 bits per heavy atom. The molecule has 1 aromatic rings. The van der Waals surface area contributed by atoms with Gasteiger partial charge in [0, 0.05) is 18.5 Å². The second-order valence-corrected chi connectivity index (χ2v) is 7.40. The largest absolute Gasteiger partial charge is 0.370 e. The van der Waals surface area contributed by atoms with Crippen LogP contribution < -0.4 is 4.90 Å². The zero-order valence-electron chi connectivity index (χ0n) is 10.5. The molecule has 1 aliphatic rings. The van der Waals surface area contributed by atoms with Crippen molar-refractivity contribution in [2.75, 3.05) is 23.7 Å². The van der Waals surface area contributed by atoms with Crippen LogP contribution in [0.5, 0.6) is 0 Å². The molecule has 0 radical (unpaired) electrons. The van der Waals surface area contributed by atoms with E-state index >= 15 is 0 Å². The summed E-state index contributed by atoms with van der Waals surface area (Å²) in [5.41, 5.74) is 0.822. The number of sulfone groups is 1. The fraction of sp³-hybridized carbons (Fsp3) is 0.538. The lowest BCUT2D eigenvalue weighted by Crippen LogP contribution is -2.34. The molecule has 0 amide bonds. The van der Waals surface area contributed by atoms with Crippen LogP contribution in [0.2, 0.25) is 0 Å². The first-order valence-electron chi connectivity index (χ1n) is 6.25. The van der Waals surface area contributed by atoms with Crippen molar-refractivity contribution < 1.29 is 8.42 Å². The normalized spacial score (nSPS) is 18.0. The minimum absolute atomic E-state index is 0.135. The summed E-state index contributed by atoms with van der Waals surface area (Å²) >= 11 is 6.08. The highest BCUT2D eigenvalue weighted by Crippen LogP contribution is 2.29. The molecular formula is C13H18ClNO2S. The molecule has 18 heavy (non-hydrogen) atoms. The highest BCUT2D eigenvalue weighted by molar-refractivity contribution is 7.91. The Labute approximate surface area is 114 Å². The molecule has 0 aromatic heterocycles. The van der Waals surface area contributed by atoms with Crippen LogP contribution in [-0.2, 0) is 9.84 Å². The summed E-state index contributed by atoms with van der Waals surface area (Å²) in [5, 5.41) is 0.219. The second kappa shape index (κ2) is 5.49. The van der Waals surface area contributed by atoms with Crippen LogP contribution >= 0.6 is 11.6 Å². The molecule has 0 spiro atoms. The van der Waals surface area contributed by atoms with Gasteiger partial charge in [0.25, 0.3) is 0 Å². The standard InChI is InChI=1S/C13H18ClNO2S/c1-2-18(16,17)13-6-4-3-5-12(13)15-9-7-11(14)8-10-15/h3-6,11H,2,7-10H2,1H3. The van der Waals surface area contributed by atoms with Gasteiger partial charge in [-0.05, 0) is 25.0 Å². The van der Waals surface area contributed by atoms with Crippen LogP contribution in [0.3, 0.4) is 0 Å². The smallest absolute Gasteiger partial charge is 0.180 e. The van der Waals surface area contributed by atoms with Gasteiger partial charge in [-0.3, -0.25) is 0 Å². The van der Waals surface area contributed by atoms with Crippen LogP contribution in [0.25, 0.3) is 0 Å². The molecule has 1 fully saturated rings. The molecular weight excluding hydrogens is 270 g/mol. The minimum atomic E-state index is -3.17. The molecule has 0 N–H and O–H groups in total. The number of piperidine rings is 1. The third kappa shape index (κ3) is 2.81. The van der Waals surface area contributed by atoms with Crippen molar-refractivity contribution in [3.63, 3.8) is 0 Å². The van der Waals surface area contributed by atoms with Gasteiger partial charge in [-0.1, -0.05) is 19.1 Å². The number of hydrogen-bond acceptors (Lipinski definition) is 3. The molecule has 0 bridgehead atoms. The maximum atomic E-state index is 12.1. The van der Waals surface area contributed by atoms with E-state index < -0.39 is 9.84 Å². The van der Waals surface area contributed by atoms with E-state index in [9.17, 15) is 8.42 Å². The predicted molar refractivity (Wildman–Crippen MR) is 75.3 cm³/mol. The SMILES string of the molecule is CCS(=O)(=O)c1ccccc1N1CCC(Cl)CC1. The molecule has 3 nitrogen and oxygen atoms in total. The summed E-state index contributed by atoms with van der Waals surface area (Å²) in [5.74, 6) is 0.135. The molecule has 1 heterocycles. The number of para-hydroxylation sites is 1. The van der Waals surface area contributed by atoms with Crippen LogP contribution in [-0.4, -0.2) is 32.6 Å². The van der Waals surface area contributed by atoms with E-state index in [2.05, 4.69) is 4.90 Å². The quantitative estimate of drug-likeness (QED) is 0.802. The third-order valence-electron chi connectivity index (χ3n) is 3.35. The van der Waals surface area contributed by atoms with Gasteiger partial charge in [-0.2, -0.15) is 0 Å². The Morgan fingerprint density at radius 3 is 2.50 bits per heavy atom. The zero-order chi connectivity index (χ0) is 13.2. The molecule has 100 valence electrons. The third-order valence-corrected chi connectivity index (χ3v) is 5.56. The summed E-state index contributed by atoms with van der Waals surface area (Å²) in [7, 11) is -3.17. The van der Waals surface area contributed by atoms with Crippen molar-refractivity contribution in [1.82, 2.24) is 0 Å². The van der Waals surface area contributed by atoms with Gasteiger partial charge >= 0.3 is 0 Å². The zero-order valence-corrected chi connectivity index (χ0v) is 12.0. The number of hydrogen-bond donors (Lipinski definition) is 0. The molecule has 1 saturated heterocycles. The fourth-order valence-electron chi connectivity index (χ4n) is 2.23. The number of halogens is 1.